The molecule has 0 radical (unpaired) electrons. The summed E-state index contributed by atoms with van der Waals surface area (Å²) in [4.78, 5) is 42.1. The Morgan fingerprint density at radius 3 is 2.49 bits per heavy atom. The molecule has 2 aliphatic rings. The highest BCUT2D eigenvalue weighted by Crippen LogP contribution is 2.47. The maximum atomic E-state index is 14.1. The highest BCUT2D eigenvalue weighted by molar-refractivity contribution is 8.03. The Kier molecular flexibility index (Phi) is 8.17. The number of carbonyl (C=O) groups excluding carboxylic acids is 1. The summed E-state index contributed by atoms with van der Waals surface area (Å²) in [5.41, 5.74) is 3.33. The summed E-state index contributed by atoms with van der Waals surface area (Å²) >= 11 is 2.87. The second-order valence-corrected chi connectivity index (χ2v) is 12.2. The standard InChI is InChI=1S/C33H29N5O5S2/c1-5-35-26-16-15-24(43-4)18-27(26)44-28(35)19-25(21-11-8-7-9-12-21)30-32(40)36(6-2)33(45-30)29-20(3)34-37(31(29)39)22-13-10-14-23(17-22)38(41)42/h7-19H,5-6H2,1-4H3. The van der Waals surface area contributed by atoms with Gasteiger partial charge >= 0.3 is 0 Å². The second kappa shape index (κ2) is 12.2. The van der Waals surface area contributed by atoms with E-state index in [2.05, 4.69) is 16.9 Å². The van der Waals surface area contributed by atoms with Gasteiger partial charge in [0.2, 0.25) is 0 Å². The number of non-ortho nitro benzene ring substituents is 1. The number of methoxy groups -OCH3 is 1. The molecule has 6 rings (SSSR count). The number of benzene rings is 3. The smallest absolute Gasteiger partial charge is 0.283 e. The van der Waals surface area contributed by atoms with Crippen LogP contribution in [0.5, 0.6) is 5.75 Å². The van der Waals surface area contributed by atoms with Gasteiger partial charge in [-0.05, 0) is 56.7 Å². The minimum absolute atomic E-state index is 0.146. The van der Waals surface area contributed by atoms with Crippen molar-refractivity contribution >= 4 is 62.9 Å². The molecule has 228 valence electrons. The molecule has 0 fully saturated rings. The number of nitro benzene ring substituents is 1. The minimum atomic E-state index is -0.516. The van der Waals surface area contributed by atoms with Crippen LogP contribution < -0.4 is 29.4 Å². The van der Waals surface area contributed by atoms with E-state index in [1.165, 1.54) is 29.5 Å². The van der Waals surface area contributed by atoms with Crippen LogP contribution in [0.15, 0.2) is 98.7 Å². The molecule has 3 heterocycles. The van der Waals surface area contributed by atoms with Crippen LogP contribution in [0.4, 0.5) is 17.1 Å². The van der Waals surface area contributed by atoms with Crippen molar-refractivity contribution in [2.45, 2.75) is 32.2 Å². The second-order valence-electron chi connectivity index (χ2n) is 10.2. The van der Waals surface area contributed by atoms with Crippen LogP contribution in [0, 0.1) is 10.1 Å². The summed E-state index contributed by atoms with van der Waals surface area (Å²) in [6.07, 6.45) is 2.05. The van der Waals surface area contributed by atoms with Crippen molar-refractivity contribution in [2.24, 2.45) is 5.10 Å². The summed E-state index contributed by atoms with van der Waals surface area (Å²) in [7, 11) is 1.65. The molecule has 4 aromatic rings. The number of thiazole rings is 1. The molecule has 0 aliphatic carbocycles. The lowest BCUT2D eigenvalue weighted by Gasteiger charge is -2.18. The minimum Gasteiger partial charge on any atom is -0.497 e. The first-order valence-corrected chi connectivity index (χ1v) is 15.9. The van der Waals surface area contributed by atoms with Crippen LogP contribution in [-0.4, -0.2) is 34.8 Å². The molecule has 0 N–H and O–H groups in total. The fraction of sp³-hybridized carbons (Fsp3) is 0.182. The molecule has 1 amide bonds. The molecule has 12 heteroatoms. The number of hydrogen-bond acceptors (Lipinski definition) is 9. The van der Waals surface area contributed by atoms with E-state index < -0.39 is 10.8 Å². The molecule has 1 aromatic heterocycles. The number of carbonyl (C=O) groups is 1. The van der Waals surface area contributed by atoms with Crippen molar-refractivity contribution in [3.05, 3.63) is 119 Å². The van der Waals surface area contributed by atoms with Crippen LogP contribution in [0.1, 0.15) is 26.3 Å². The van der Waals surface area contributed by atoms with Gasteiger partial charge in [-0.2, -0.15) is 10.1 Å². The number of anilines is 2. The SMILES string of the molecule is CCN1C(=CC(c2ccccc2)=c2sc(=C3C(=O)N(c4cccc([N+](=O)[O-])c4)N=C3C)n(CC)c2=O)Sc2cc(OC)ccc21. The third-order valence-corrected chi connectivity index (χ3v) is 9.88. The number of aromatic nitrogens is 1. The molecular formula is C33H29N5O5S2. The number of allylic oxidation sites excluding steroid dienone is 1. The number of rotatable bonds is 7. The molecule has 45 heavy (non-hydrogen) atoms. The van der Waals surface area contributed by atoms with E-state index in [9.17, 15) is 19.7 Å². The van der Waals surface area contributed by atoms with Crippen molar-refractivity contribution in [2.75, 3.05) is 23.6 Å². The number of amides is 1. The molecule has 0 saturated carbocycles. The van der Waals surface area contributed by atoms with Crippen LogP contribution >= 0.6 is 23.1 Å². The number of hydrogen-bond donors (Lipinski definition) is 0. The molecule has 3 aromatic carbocycles. The zero-order valence-electron chi connectivity index (χ0n) is 25.0. The van der Waals surface area contributed by atoms with Gasteiger partial charge in [0, 0.05) is 35.7 Å². The first-order valence-electron chi connectivity index (χ1n) is 14.3. The normalized spacial score (nSPS) is 17.1. The Bertz CT molecular complexity index is 2100. The topological polar surface area (TPSA) is 110 Å². The molecule has 0 bridgehead atoms. The van der Waals surface area contributed by atoms with Gasteiger partial charge in [-0.15, -0.1) is 11.3 Å². The lowest BCUT2D eigenvalue weighted by molar-refractivity contribution is -0.384. The van der Waals surface area contributed by atoms with Crippen molar-refractivity contribution in [3.8, 4) is 5.75 Å². The maximum Gasteiger partial charge on any atom is 0.283 e. The summed E-state index contributed by atoms with van der Waals surface area (Å²) < 4.78 is 8.04. The Hall–Kier alpha value is -4.94. The van der Waals surface area contributed by atoms with E-state index in [0.717, 1.165) is 44.1 Å². The first-order chi connectivity index (χ1) is 21.7. The fourth-order valence-electron chi connectivity index (χ4n) is 5.39. The molecule has 10 nitrogen and oxygen atoms in total. The van der Waals surface area contributed by atoms with Gasteiger partial charge in [0.05, 0.1) is 39.7 Å². The van der Waals surface area contributed by atoms with E-state index in [1.807, 2.05) is 61.5 Å². The van der Waals surface area contributed by atoms with Crippen LogP contribution in [0.2, 0.25) is 0 Å². The number of nitrogens with zero attached hydrogens (tertiary/aromatic N) is 5. The molecule has 2 aliphatic heterocycles. The van der Waals surface area contributed by atoms with Gasteiger partial charge in [-0.3, -0.25) is 24.3 Å². The number of ether oxygens (including phenoxy) is 1. The zero-order chi connectivity index (χ0) is 31.8. The van der Waals surface area contributed by atoms with Crippen molar-refractivity contribution in [3.63, 3.8) is 0 Å². The third-order valence-electron chi connectivity index (χ3n) is 7.57. The highest BCUT2D eigenvalue weighted by atomic mass is 32.2. The fourth-order valence-corrected chi connectivity index (χ4v) is 7.92. The predicted octanol–water partition coefficient (Wildman–Crippen LogP) is 5.09. The molecule has 0 saturated heterocycles. The lowest BCUT2D eigenvalue weighted by atomic mass is 10.1. The van der Waals surface area contributed by atoms with E-state index in [4.69, 9.17) is 4.74 Å². The number of hydrazone groups is 1. The summed E-state index contributed by atoms with van der Waals surface area (Å²) in [6, 6.07) is 21.5. The van der Waals surface area contributed by atoms with E-state index in [1.54, 1.807) is 36.4 Å². The van der Waals surface area contributed by atoms with Crippen LogP contribution in [-0.2, 0) is 11.3 Å². The average Bonchev–Trinajstić information content (AvgIpc) is 3.68. The Labute approximate surface area is 267 Å². The zero-order valence-corrected chi connectivity index (χ0v) is 26.6. The highest BCUT2D eigenvalue weighted by Gasteiger charge is 2.32. The van der Waals surface area contributed by atoms with Crippen molar-refractivity contribution < 1.29 is 14.5 Å². The van der Waals surface area contributed by atoms with Gasteiger partial charge in [0.15, 0.2) is 0 Å². The molecule has 0 spiro atoms. The number of thioether (sulfide) groups is 1. The molecule has 0 atom stereocenters. The van der Waals surface area contributed by atoms with E-state index in [-0.39, 0.29) is 16.9 Å². The third kappa shape index (κ3) is 5.36. The predicted molar refractivity (Wildman–Crippen MR) is 180 cm³/mol. The Morgan fingerprint density at radius 2 is 1.80 bits per heavy atom. The van der Waals surface area contributed by atoms with Crippen LogP contribution in [0.25, 0.3) is 11.1 Å². The van der Waals surface area contributed by atoms with Gasteiger partial charge in [0.1, 0.15) is 14.9 Å². The van der Waals surface area contributed by atoms with Crippen molar-refractivity contribution in [1.29, 1.82) is 0 Å². The molecular weight excluding hydrogens is 611 g/mol. The number of fused-ring (bicyclic) bond motifs is 1. The largest absolute Gasteiger partial charge is 0.497 e. The summed E-state index contributed by atoms with van der Waals surface area (Å²) in [5, 5.41) is 17.9. The van der Waals surface area contributed by atoms with Crippen LogP contribution in [0.3, 0.4) is 0 Å². The van der Waals surface area contributed by atoms with Gasteiger partial charge in [0.25, 0.3) is 17.2 Å². The Balaban J connectivity index is 1.57. The monoisotopic (exact) mass is 639 g/mol. The van der Waals surface area contributed by atoms with E-state index >= 15 is 0 Å². The lowest BCUT2D eigenvalue weighted by Crippen LogP contribution is -2.34. The van der Waals surface area contributed by atoms with E-state index in [0.29, 0.717) is 27.0 Å². The number of nitro groups is 1. The van der Waals surface area contributed by atoms with Gasteiger partial charge in [-0.1, -0.05) is 48.2 Å². The van der Waals surface area contributed by atoms with Gasteiger partial charge < -0.3 is 9.64 Å². The summed E-state index contributed by atoms with van der Waals surface area (Å²) in [6.45, 7) is 6.72. The quantitative estimate of drug-likeness (QED) is 0.205. The Morgan fingerprint density at radius 1 is 1.02 bits per heavy atom. The summed E-state index contributed by atoms with van der Waals surface area (Å²) in [5.74, 6) is 0.324. The average molecular weight is 640 g/mol. The maximum absolute atomic E-state index is 14.1. The van der Waals surface area contributed by atoms with Gasteiger partial charge in [-0.25, -0.2) is 0 Å². The molecule has 0 unspecified atom stereocenters. The first kappa shape index (κ1) is 30.1. The van der Waals surface area contributed by atoms with Crippen molar-refractivity contribution in [1.82, 2.24) is 4.57 Å².